The summed E-state index contributed by atoms with van der Waals surface area (Å²) in [4.78, 5) is 22.3. The molecule has 0 bridgehead atoms. The molecule has 2 aromatic carbocycles. The number of aromatic nitrogens is 1. The third kappa shape index (κ3) is 6.50. The summed E-state index contributed by atoms with van der Waals surface area (Å²) in [5.74, 6) is -0.206. The number of hydrogen-bond donors (Lipinski definition) is 0. The first kappa shape index (κ1) is 29.5. The van der Waals surface area contributed by atoms with Crippen molar-refractivity contribution in [2.45, 2.75) is 44.8 Å². The molecule has 1 aliphatic heterocycles. The van der Waals surface area contributed by atoms with Crippen molar-refractivity contribution >= 4 is 55.0 Å². The van der Waals surface area contributed by atoms with E-state index in [-0.39, 0.29) is 35.4 Å². The van der Waals surface area contributed by atoms with Crippen LogP contribution in [0.2, 0.25) is 0 Å². The van der Waals surface area contributed by atoms with Crippen LogP contribution in [0.25, 0.3) is 10.2 Å². The fourth-order valence-corrected chi connectivity index (χ4v) is 7.22. The fraction of sp³-hybridized carbons (Fsp3) is 0.462. The molecule has 0 N–H and O–H groups in total. The van der Waals surface area contributed by atoms with Crippen LogP contribution in [-0.2, 0) is 14.8 Å². The van der Waals surface area contributed by atoms with E-state index in [1.807, 2.05) is 39.8 Å². The molecule has 0 aliphatic carbocycles. The number of nitrogens with zero attached hydrogens (tertiary/aromatic N) is 4. The number of sulfonamides is 1. The van der Waals surface area contributed by atoms with Crippen LogP contribution in [0, 0.1) is 13.8 Å². The summed E-state index contributed by atoms with van der Waals surface area (Å²) < 4.78 is 34.6. The van der Waals surface area contributed by atoms with E-state index < -0.39 is 10.0 Å². The number of amides is 1. The summed E-state index contributed by atoms with van der Waals surface area (Å²) in [6.45, 7) is 9.56. The molecular formula is C26H35ClN4O4S2. The van der Waals surface area contributed by atoms with Gasteiger partial charge in [-0.1, -0.05) is 17.4 Å². The molecule has 4 rings (SSSR count). The molecule has 2 atom stereocenters. The molecule has 3 aromatic rings. The molecule has 11 heteroatoms. The third-order valence-electron chi connectivity index (χ3n) is 6.19. The minimum atomic E-state index is -3.68. The van der Waals surface area contributed by atoms with E-state index in [1.54, 1.807) is 17.0 Å². The Morgan fingerprint density at radius 3 is 2.30 bits per heavy atom. The van der Waals surface area contributed by atoms with Crippen LogP contribution in [0.1, 0.15) is 35.3 Å². The lowest BCUT2D eigenvalue weighted by Crippen LogP contribution is -2.48. The van der Waals surface area contributed by atoms with E-state index in [4.69, 9.17) is 9.72 Å². The van der Waals surface area contributed by atoms with Crippen LogP contribution in [-0.4, -0.2) is 81.0 Å². The summed E-state index contributed by atoms with van der Waals surface area (Å²) in [6.07, 6.45) is -0.341. The van der Waals surface area contributed by atoms with Crippen molar-refractivity contribution in [1.82, 2.24) is 14.2 Å². The van der Waals surface area contributed by atoms with Crippen molar-refractivity contribution in [2.24, 2.45) is 0 Å². The number of likely N-dealkylation sites (N-methyl/N-ethyl adjacent to an activating group) is 1. The van der Waals surface area contributed by atoms with Crippen LogP contribution in [0.4, 0.5) is 5.13 Å². The lowest BCUT2D eigenvalue weighted by Gasteiger charge is -2.34. The Morgan fingerprint density at radius 1 is 1.08 bits per heavy atom. The van der Waals surface area contributed by atoms with Gasteiger partial charge in [0.05, 0.1) is 27.3 Å². The molecule has 202 valence electrons. The first-order valence-corrected chi connectivity index (χ1v) is 14.3. The molecule has 1 saturated heterocycles. The van der Waals surface area contributed by atoms with Gasteiger partial charge in [0.25, 0.3) is 5.91 Å². The smallest absolute Gasteiger partial charge is 0.260 e. The Labute approximate surface area is 229 Å². The van der Waals surface area contributed by atoms with Gasteiger partial charge in [0.2, 0.25) is 10.0 Å². The van der Waals surface area contributed by atoms with Crippen molar-refractivity contribution in [3.8, 4) is 0 Å². The average Bonchev–Trinajstić information content (AvgIpc) is 3.22. The number of fused-ring (bicyclic) bond motifs is 1. The summed E-state index contributed by atoms with van der Waals surface area (Å²) in [7, 11) is 0.241. The maximum atomic E-state index is 13.6. The van der Waals surface area contributed by atoms with Gasteiger partial charge >= 0.3 is 0 Å². The molecule has 0 saturated carbocycles. The van der Waals surface area contributed by atoms with E-state index in [2.05, 4.69) is 19.1 Å². The number of ether oxygens (including phenoxy) is 1. The second kappa shape index (κ2) is 11.8. The highest BCUT2D eigenvalue weighted by Gasteiger charge is 2.32. The van der Waals surface area contributed by atoms with Gasteiger partial charge in [-0.3, -0.25) is 9.69 Å². The van der Waals surface area contributed by atoms with Gasteiger partial charge in [-0.25, -0.2) is 13.4 Å². The Kier molecular flexibility index (Phi) is 9.36. The van der Waals surface area contributed by atoms with E-state index in [0.29, 0.717) is 36.9 Å². The number of thiazole rings is 1. The Bertz CT molecular complexity index is 1350. The summed E-state index contributed by atoms with van der Waals surface area (Å²) in [5, 5.41) is 0.638. The number of halogens is 1. The quantitative estimate of drug-likeness (QED) is 0.423. The average molecular weight is 567 g/mol. The maximum absolute atomic E-state index is 13.6. The van der Waals surface area contributed by atoms with Gasteiger partial charge in [0, 0.05) is 31.7 Å². The van der Waals surface area contributed by atoms with Crippen molar-refractivity contribution in [3.63, 3.8) is 0 Å². The lowest BCUT2D eigenvalue weighted by atomic mass is 10.1. The van der Waals surface area contributed by atoms with E-state index in [0.717, 1.165) is 21.3 Å². The predicted octanol–water partition coefficient (Wildman–Crippen LogP) is 4.34. The summed E-state index contributed by atoms with van der Waals surface area (Å²) in [6, 6.07) is 10.4. The second-order valence-electron chi connectivity index (χ2n) is 9.79. The first-order valence-electron chi connectivity index (χ1n) is 12.1. The highest BCUT2D eigenvalue weighted by atomic mass is 35.5. The summed E-state index contributed by atoms with van der Waals surface area (Å²) >= 11 is 1.50. The van der Waals surface area contributed by atoms with Crippen LogP contribution < -0.4 is 4.90 Å². The normalized spacial score (nSPS) is 18.7. The standard InChI is InChI=1S/C26H34N4O4S2.ClH/c1-17-13-18(2)24-23(14-17)35-26(27-24)30(12-11-28(5)6)25(31)21-7-9-22(10-8-21)36(32,33)29-15-19(3)34-20(4)16-29;/h7-10,13-14,19-20H,11-12,15-16H2,1-6H3;1H. The van der Waals surface area contributed by atoms with E-state index in [9.17, 15) is 13.2 Å². The molecular weight excluding hydrogens is 532 g/mol. The number of carbonyl (C=O) groups excluding carboxylic acids is 1. The molecule has 1 fully saturated rings. The van der Waals surface area contributed by atoms with Crippen molar-refractivity contribution in [2.75, 3.05) is 45.2 Å². The third-order valence-corrected chi connectivity index (χ3v) is 9.06. The number of hydrogen-bond acceptors (Lipinski definition) is 7. The molecule has 2 unspecified atom stereocenters. The molecule has 0 spiro atoms. The maximum Gasteiger partial charge on any atom is 0.260 e. The molecule has 1 aliphatic rings. The van der Waals surface area contributed by atoms with Gasteiger partial charge in [0.15, 0.2) is 5.13 Å². The van der Waals surface area contributed by atoms with Crippen LogP contribution >= 0.6 is 23.7 Å². The number of anilines is 1. The zero-order chi connectivity index (χ0) is 26.2. The number of carbonyl (C=O) groups is 1. The Hall–Kier alpha value is -2.08. The van der Waals surface area contributed by atoms with Crippen molar-refractivity contribution in [1.29, 1.82) is 0 Å². The molecule has 1 aromatic heterocycles. The molecule has 2 heterocycles. The van der Waals surface area contributed by atoms with Crippen LogP contribution in [0.5, 0.6) is 0 Å². The largest absolute Gasteiger partial charge is 0.373 e. The molecule has 37 heavy (non-hydrogen) atoms. The second-order valence-corrected chi connectivity index (χ2v) is 12.7. The lowest BCUT2D eigenvalue weighted by molar-refractivity contribution is -0.0440. The first-order chi connectivity index (χ1) is 17.0. The van der Waals surface area contributed by atoms with Crippen LogP contribution in [0.3, 0.4) is 0 Å². The molecule has 8 nitrogen and oxygen atoms in total. The van der Waals surface area contributed by atoms with Crippen molar-refractivity contribution < 1.29 is 17.9 Å². The fourth-order valence-electron chi connectivity index (χ4n) is 4.46. The van der Waals surface area contributed by atoms with Gasteiger partial charge in [-0.15, -0.1) is 12.4 Å². The number of morpholine rings is 1. The number of benzene rings is 2. The van der Waals surface area contributed by atoms with Crippen molar-refractivity contribution in [3.05, 3.63) is 53.1 Å². The summed E-state index contributed by atoms with van der Waals surface area (Å²) in [5.41, 5.74) is 3.55. The van der Waals surface area contributed by atoms with E-state index >= 15 is 0 Å². The Balaban J connectivity index is 0.00000380. The van der Waals surface area contributed by atoms with E-state index in [1.165, 1.54) is 27.8 Å². The predicted molar refractivity (Wildman–Crippen MR) is 152 cm³/mol. The van der Waals surface area contributed by atoms with Crippen LogP contribution in [0.15, 0.2) is 41.3 Å². The zero-order valence-electron chi connectivity index (χ0n) is 22.1. The monoisotopic (exact) mass is 566 g/mol. The van der Waals surface area contributed by atoms with Gasteiger partial charge in [-0.2, -0.15) is 4.31 Å². The SMILES string of the molecule is Cc1cc(C)c2nc(N(CCN(C)C)C(=O)c3ccc(S(=O)(=O)N4CC(C)OC(C)C4)cc3)sc2c1.Cl. The topological polar surface area (TPSA) is 83.1 Å². The van der Waals surface area contributed by atoms with Gasteiger partial charge < -0.3 is 9.64 Å². The molecule has 1 amide bonds. The van der Waals surface area contributed by atoms with Gasteiger partial charge in [0.1, 0.15) is 0 Å². The Morgan fingerprint density at radius 2 is 1.70 bits per heavy atom. The zero-order valence-corrected chi connectivity index (χ0v) is 24.5. The molecule has 0 radical (unpaired) electrons. The van der Waals surface area contributed by atoms with Gasteiger partial charge in [-0.05, 0) is 83.2 Å². The minimum absolute atomic E-state index is 0. The number of aryl methyl sites for hydroxylation is 2. The highest BCUT2D eigenvalue weighted by Crippen LogP contribution is 2.32. The highest BCUT2D eigenvalue weighted by molar-refractivity contribution is 7.89. The minimum Gasteiger partial charge on any atom is -0.373 e. The number of rotatable bonds is 7.